The SMILES string of the molecule is O=C1CCC([N+]2([O-])Cc3c(NCCOC4CCNCC4)cccc3C2=O)C(=O)N1. The minimum Gasteiger partial charge on any atom is -0.624 e. The third kappa shape index (κ3) is 3.91. The summed E-state index contributed by atoms with van der Waals surface area (Å²) in [6, 6.07) is 4.09. The van der Waals surface area contributed by atoms with Crippen molar-refractivity contribution in [1.29, 1.82) is 0 Å². The van der Waals surface area contributed by atoms with Gasteiger partial charge >= 0.3 is 5.91 Å². The maximum absolute atomic E-state index is 13.4. The highest BCUT2D eigenvalue weighted by Gasteiger charge is 2.50. The number of benzene rings is 1. The third-order valence-corrected chi connectivity index (χ3v) is 5.91. The van der Waals surface area contributed by atoms with E-state index in [9.17, 15) is 19.6 Å². The van der Waals surface area contributed by atoms with Crippen LogP contribution in [0.3, 0.4) is 0 Å². The second-order valence-corrected chi connectivity index (χ2v) is 7.80. The number of ether oxygens (including phenoxy) is 1. The molecule has 2 fully saturated rings. The largest absolute Gasteiger partial charge is 0.624 e. The van der Waals surface area contributed by atoms with Gasteiger partial charge in [0.15, 0.2) is 6.04 Å². The molecule has 3 aliphatic rings. The van der Waals surface area contributed by atoms with E-state index in [2.05, 4.69) is 16.0 Å². The van der Waals surface area contributed by atoms with Gasteiger partial charge in [0.1, 0.15) is 6.54 Å². The van der Waals surface area contributed by atoms with Gasteiger partial charge in [-0.25, -0.2) is 4.79 Å². The van der Waals surface area contributed by atoms with E-state index in [0.717, 1.165) is 25.9 Å². The number of hydrogen-bond acceptors (Lipinski definition) is 7. The van der Waals surface area contributed by atoms with Crippen molar-refractivity contribution in [2.24, 2.45) is 0 Å². The molecular weight excluding hydrogens is 376 g/mol. The number of nitrogens with one attached hydrogen (secondary N) is 3. The Kier molecular flexibility index (Phi) is 5.64. The van der Waals surface area contributed by atoms with E-state index in [1.807, 2.05) is 6.07 Å². The predicted molar refractivity (Wildman–Crippen MR) is 105 cm³/mol. The molecule has 1 aromatic carbocycles. The normalized spacial score (nSPS) is 27.6. The first-order chi connectivity index (χ1) is 14.0. The molecule has 2 unspecified atom stereocenters. The number of hydrogen-bond donors (Lipinski definition) is 3. The monoisotopic (exact) mass is 402 g/mol. The van der Waals surface area contributed by atoms with Crippen molar-refractivity contribution in [3.63, 3.8) is 0 Å². The number of quaternary nitrogens is 1. The summed E-state index contributed by atoms with van der Waals surface area (Å²) in [6.07, 6.45) is 2.41. The van der Waals surface area contributed by atoms with Crippen molar-refractivity contribution >= 4 is 23.4 Å². The van der Waals surface area contributed by atoms with Crippen LogP contribution in [0, 0.1) is 5.21 Å². The zero-order valence-electron chi connectivity index (χ0n) is 16.2. The molecule has 0 bridgehead atoms. The number of hydroxylamine groups is 3. The van der Waals surface area contributed by atoms with Gasteiger partial charge in [0.05, 0.1) is 18.3 Å². The summed E-state index contributed by atoms with van der Waals surface area (Å²) in [6.45, 7) is 2.92. The first-order valence-corrected chi connectivity index (χ1v) is 10.1. The van der Waals surface area contributed by atoms with E-state index in [4.69, 9.17) is 4.74 Å². The third-order valence-electron chi connectivity index (χ3n) is 5.91. The number of nitrogens with zero attached hydrogens (tertiary/aromatic N) is 1. The Balaban J connectivity index is 1.42. The minimum atomic E-state index is -1.27. The molecule has 2 atom stereocenters. The quantitative estimate of drug-likeness (QED) is 0.276. The van der Waals surface area contributed by atoms with Crippen molar-refractivity contribution in [3.05, 3.63) is 34.5 Å². The van der Waals surface area contributed by atoms with E-state index in [1.54, 1.807) is 12.1 Å². The lowest BCUT2D eigenvalue weighted by molar-refractivity contribution is -0.825. The first kappa shape index (κ1) is 20.0. The topological polar surface area (TPSA) is 120 Å². The summed E-state index contributed by atoms with van der Waals surface area (Å²) >= 11 is 0. The number of piperidine rings is 2. The Morgan fingerprint density at radius 2 is 1.97 bits per heavy atom. The van der Waals surface area contributed by atoms with E-state index >= 15 is 0 Å². The van der Waals surface area contributed by atoms with Crippen LogP contribution in [0.15, 0.2) is 18.2 Å². The summed E-state index contributed by atoms with van der Waals surface area (Å²) in [5.41, 5.74) is 1.68. The second kappa shape index (κ2) is 8.19. The molecule has 0 spiro atoms. The van der Waals surface area contributed by atoms with Gasteiger partial charge in [-0.05, 0) is 38.1 Å². The van der Waals surface area contributed by atoms with E-state index in [1.165, 1.54) is 0 Å². The Labute approximate surface area is 168 Å². The molecule has 0 radical (unpaired) electrons. The highest BCUT2D eigenvalue weighted by Crippen LogP contribution is 2.37. The number of carbonyl (C=O) groups is 3. The molecule has 2 saturated heterocycles. The summed E-state index contributed by atoms with van der Waals surface area (Å²) in [5, 5.41) is 22.2. The predicted octanol–water partition coefficient (Wildman–Crippen LogP) is 0.641. The van der Waals surface area contributed by atoms with Crippen molar-refractivity contribution < 1.29 is 23.8 Å². The van der Waals surface area contributed by atoms with Crippen LogP contribution in [-0.4, -0.2) is 60.8 Å². The molecule has 156 valence electrons. The van der Waals surface area contributed by atoms with E-state index in [-0.39, 0.29) is 25.5 Å². The first-order valence-electron chi connectivity index (χ1n) is 10.1. The Morgan fingerprint density at radius 1 is 1.17 bits per heavy atom. The van der Waals surface area contributed by atoms with Crippen LogP contribution in [0.1, 0.15) is 41.6 Å². The van der Waals surface area contributed by atoms with Crippen molar-refractivity contribution in [1.82, 2.24) is 10.6 Å². The maximum atomic E-state index is 13.4. The highest BCUT2D eigenvalue weighted by atomic mass is 16.6. The average molecular weight is 402 g/mol. The molecule has 3 heterocycles. The van der Waals surface area contributed by atoms with Crippen LogP contribution in [0.2, 0.25) is 0 Å². The van der Waals surface area contributed by atoms with E-state index < -0.39 is 28.4 Å². The lowest BCUT2D eigenvalue weighted by Gasteiger charge is -2.42. The molecule has 9 nitrogen and oxygen atoms in total. The van der Waals surface area contributed by atoms with Gasteiger partial charge in [0.2, 0.25) is 5.91 Å². The Hall–Kier alpha value is -2.33. The smallest absolute Gasteiger partial charge is 0.347 e. The van der Waals surface area contributed by atoms with Gasteiger partial charge in [0.25, 0.3) is 5.91 Å². The zero-order chi connectivity index (χ0) is 20.4. The molecule has 4 rings (SSSR count). The Bertz CT molecular complexity index is 823. The fraction of sp³-hybridized carbons (Fsp3) is 0.550. The van der Waals surface area contributed by atoms with Gasteiger partial charge in [0, 0.05) is 30.6 Å². The van der Waals surface area contributed by atoms with Crippen LogP contribution in [0.25, 0.3) is 0 Å². The lowest BCUT2D eigenvalue weighted by Crippen LogP contribution is -2.60. The minimum absolute atomic E-state index is 0.0708. The number of carbonyl (C=O) groups excluding carboxylic acids is 3. The van der Waals surface area contributed by atoms with Crippen molar-refractivity contribution in [2.75, 3.05) is 31.6 Å². The molecule has 3 aliphatic heterocycles. The van der Waals surface area contributed by atoms with Gasteiger partial charge in [-0.2, -0.15) is 0 Å². The van der Waals surface area contributed by atoms with Gasteiger partial charge < -0.3 is 20.6 Å². The van der Waals surface area contributed by atoms with Crippen LogP contribution in [0.5, 0.6) is 0 Å². The van der Waals surface area contributed by atoms with E-state index in [0.29, 0.717) is 30.0 Å². The summed E-state index contributed by atoms with van der Waals surface area (Å²) < 4.78 is 4.62. The van der Waals surface area contributed by atoms with Crippen LogP contribution in [0.4, 0.5) is 5.69 Å². The molecule has 3 N–H and O–H groups in total. The maximum Gasteiger partial charge on any atom is 0.347 e. The highest BCUT2D eigenvalue weighted by molar-refractivity contribution is 6.02. The number of imide groups is 1. The standard InChI is InChI=1S/C20H26N4O5/c25-18-5-4-17(19(26)23-18)24(28)12-15-14(20(24)27)2-1-3-16(15)22-10-11-29-13-6-8-21-9-7-13/h1-3,13,17,21-22H,4-12H2,(H,23,25,26). The van der Waals surface area contributed by atoms with Gasteiger partial charge in [-0.15, -0.1) is 0 Å². The summed E-state index contributed by atoms with van der Waals surface area (Å²) in [4.78, 5) is 36.5. The van der Waals surface area contributed by atoms with Crippen molar-refractivity contribution in [3.8, 4) is 0 Å². The molecule has 1 aromatic rings. The van der Waals surface area contributed by atoms with Gasteiger partial charge in [-0.1, -0.05) is 6.07 Å². The summed E-state index contributed by atoms with van der Waals surface area (Å²) in [7, 11) is 0. The number of fused-ring (bicyclic) bond motifs is 1. The average Bonchev–Trinajstić information content (AvgIpc) is 2.98. The molecule has 29 heavy (non-hydrogen) atoms. The molecule has 0 aliphatic carbocycles. The fourth-order valence-corrected chi connectivity index (χ4v) is 4.34. The number of rotatable bonds is 6. The molecule has 0 saturated carbocycles. The number of amides is 3. The van der Waals surface area contributed by atoms with Crippen LogP contribution >= 0.6 is 0 Å². The zero-order valence-corrected chi connectivity index (χ0v) is 16.2. The molecule has 9 heteroatoms. The molecule has 3 amide bonds. The Morgan fingerprint density at radius 3 is 2.72 bits per heavy atom. The fourth-order valence-electron chi connectivity index (χ4n) is 4.34. The second-order valence-electron chi connectivity index (χ2n) is 7.80. The lowest BCUT2D eigenvalue weighted by atomic mass is 10.0. The molecule has 0 aromatic heterocycles. The summed E-state index contributed by atoms with van der Waals surface area (Å²) in [5.74, 6) is -1.69. The van der Waals surface area contributed by atoms with Crippen molar-refractivity contribution in [2.45, 2.75) is 44.4 Å². The van der Waals surface area contributed by atoms with Gasteiger partial charge in [-0.3, -0.25) is 19.6 Å². The molecular formula is C20H26N4O5. The number of anilines is 1. The van der Waals surface area contributed by atoms with Crippen LogP contribution < -0.4 is 16.0 Å². The van der Waals surface area contributed by atoms with Crippen LogP contribution in [-0.2, 0) is 20.9 Å².